The maximum atomic E-state index is 3.30. The number of fused-ring (bicyclic) bond motifs is 3. The molecule has 0 N–H and O–H groups in total. The smallest absolute Gasteiger partial charge is 0.0253 e. The zero-order chi connectivity index (χ0) is 19.8. The van der Waals surface area contributed by atoms with Gasteiger partial charge in [0.1, 0.15) is 0 Å². The Balaban J connectivity index is 0.000000244. The summed E-state index contributed by atoms with van der Waals surface area (Å²) in [5, 5.41) is 0. The van der Waals surface area contributed by atoms with Gasteiger partial charge in [0.2, 0.25) is 0 Å². The van der Waals surface area contributed by atoms with Crippen LogP contribution in [0.2, 0.25) is 13.1 Å². The number of hydrogen-bond acceptors (Lipinski definition) is 0. The quantitative estimate of drug-likeness (QED) is 0.256. The summed E-state index contributed by atoms with van der Waals surface area (Å²) in [4.78, 5) is 0. The first-order valence-electron chi connectivity index (χ1n) is 10.5. The van der Waals surface area contributed by atoms with Gasteiger partial charge in [0, 0.05) is 0 Å². The van der Waals surface area contributed by atoms with Crippen LogP contribution in [0.15, 0.2) is 66.7 Å². The van der Waals surface area contributed by atoms with Gasteiger partial charge in [-0.15, -0.1) is 5.56 Å². The van der Waals surface area contributed by atoms with Crippen LogP contribution in [0.3, 0.4) is 0 Å². The minimum Gasteiger partial charge on any atom is -1.00 e. The van der Waals surface area contributed by atoms with Crippen LogP contribution in [0.25, 0.3) is 11.1 Å². The van der Waals surface area contributed by atoms with Crippen molar-refractivity contribution in [1.82, 2.24) is 0 Å². The average molecular weight is 533 g/mol. The van der Waals surface area contributed by atoms with Gasteiger partial charge in [0.25, 0.3) is 0 Å². The van der Waals surface area contributed by atoms with Crippen LogP contribution in [0.4, 0.5) is 0 Å². The van der Waals surface area contributed by atoms with E-state index in [0.29, 0.717) is 0 Å². The number of rotatable bonds is 1. The van der Waals surface area contributed by atoms with E-state index in [-0.39, 0.29) is 30.2 Å². The van der Waals surface area contributed by atoms with Gasteiger partial charge in [-0.2, -0.15) is 53.6 Å². The Kier molecular flexibility index (Phi) is 13.3. The molecule has 4 heteroatoms. The molecule has 0 aromatic heterocycles. The molecule has 30 heavy (non-hydrogen) atoms. The first-order valence-corrected chi connectivity index (χ1v) is 16.6. The third kappa shape index (κ3) is 8.19. The summed E-state index contributed by atoms with van der Waals surface area (Å²) in [6, 6.07) is 27.0. The maximum absolute atomic E-state index is 3.30. The Hall–Kier alpha value is -0.530. The first kappa shape index (κ1) is 27.5. The topological polar surface area (TPSA) is 0 Å². The second-order valence-electron chi connectivity index (χ2n) is 7.95. The SMILES string of the molecule is C[Si](C)=[Zr+2].[Cl-].[Cl-].[c-]1cccc2c1Cc1ccccc1-2.c1cc(C2CCCCC2)c[cH-]1. The summed E-state index contributed by atoms with van der Waals surface area (Å²) in [6.45, 7) is 4.62. The van der Waals surface area contributed by atoms with Gasteiger partial charge in [-0.25, -0.2) is 6.07 Å². The predicted molar refractivity (Wildman–Crippen MR) is 119 cm³/mol. The molecule has 1 fully saturated rings. The van der Waals surface area contributed by atoms with Crippen molar-refractivity contribution in [3.05, 3.63) is 89.5 Å². The molecule has 0 spiro atoms. The molecular formula is C26H30Cl2SiZr-2. The predicted octanol–water partition coefficient (Wildman–Crippen LogP) is 1.30. The molecule has 0 saturated heterocycles. The molecule has 0 bridgehead atoms. The van der Waals surface area contributed by atoms with Crippen LogP contribution in [0.5, 0.6) is 0 Å². The molecule has 0 nitrogen and oxygen atoms in total. The summed E-state index contributed by atoms with van der Waals surface area (Å²) < 4.78 is 0. The largest absolute Gasteiger partial charge is 1.00 e. The van der Waals surface area contributed by atoms with Crippen molar-refractivity contribution < 1.29 is 48.1 Å². The minimum atomic E-state index is 0. The standard InChI is InChI=1S/C13H9.C11H15.C2H6Si.2ClH.Zr/c1-3-7-12-10(5-1)9-11-6-2-4-8-13(11)12;1-2-6-10(7-3-1)11-8-4-5-9-11;1-3-2;;;/h1-5,7-8H,9H2;4-5,8-10H,1-3,6-7H2;1-2H3;2*1H;/q2*-1;;;;+2/p-2. The Morgan fingerprint density at radius 2 is 1.60 bits per heavy atom. The van der Waals surface area contributed by atoms with Gasteiger partial charge in [0.15, 0.2) is 0 Å². The minimum absolute atomic E-state index is 0. The average Bonchev–Trinajstić information content (AvgIpc) is 3.37. The van der Waals surface area contributed by atoms with E-state index in [1.807, 2.05) is 6.07 Å². The van der Waals surface area contributed by atoms with E-state index in [0.717, 1.165) is 12.3 Å². The molecule has 0 radical (unpaired) electrons. The number of benzene rings is 2. The van der Waals surface area contributed by atoms with Crippen LogP contribution < -0.4 is 24.8 Å². The van der Waals surface area contributed by atoms with Crippen LogP contribution in [-0.2, 0) is 29.8 Å². The van der Waals surface area contributed by atoms with E-state index in [9.17, 15) is 0 Å². The van der Waals surface area contributed by atoms with E-state index in [2.05, 4.69) is 79.8 Å². The Labute approximate surface area is 210 Å². The maximum Gasteiger partial charge on any atom is -0.0253 e. The summed E-state index contributed by atoms with van der Waals surface area (Å²) in [5.41, 5.74) is 7.29. The summed E-state index contributed by atoms with van der Waals surface area (Å²) in [7, 11) is 0. The molecule has 0 aliphatic heterocycles. The van der Waals surface area contributed by atoms with E-state index >= 15 is 0 Å². The molecule has 5 rings (SSSR count). The van der Waals surface area contributed by atoms with Crippen molar-refractivity contribution in [3.63, 3.8) is 0 Å². The van der Waals surface area contributed by atoms with Gasteiger partial charge in [0.05, 0.1) is 0 Å². The van der Waals surface area contributed by atoms with Crippen molar-refractivity contribution in [1.29, 1.82) is 0 Å². The van der Waals surface area contributed by atoms with Crippen molar-refractivity contribution in [3.8, 4) is 11.1 Å². The summed E-state index contributed by atoms with van der Waals surface area (Å²) >= 11 is 1.74. The molecule has 3 aromatic rings. The Bertz CT molecular complexity index is 836. The fraction of sp³-hybridized carbons (Fsp3) is 0.346. The fourth-order valence-corrected chi connectivity index (χ4v) is 4.09. The van der Waals surface area contributed by atoms with Gasteiger partial charge in [-0.1, -0.05) is 73.4 Å². The molecular weight excluding hydrogens is 503 g/mol. The van der Waals surface area contributed by atoms with E-state index in [1.165, 1.54) is 54.4 Å². The fourth-order valence-electron chi connectivity index (χ4n) is 4.09. The van der Waals surface area contributed by atoms with Crippen molar-refractivity contribution in [2.24, 2.45) is 0 Å². The molecule has 158 valence electrons. The third-order valence-corrected chi connectivity index (χ3v) is 5.38. The van der Waals surface area contributed by atoms with Crippen molar-refractivity contribution in [2.45, 2.75) is 57.5 Å². The summed E-state index contributed by atoms with van der Waals surface area (Å²) in [6.07, 6.45) is 8.23. The van der Waals surface area contributed by atoms with Crippen LogP contribution in [-0.4, -0.2) is 5.43 Å². The molecule has 0 unspecified atom stereocenters. The van der Waals surface area contributed by atoms with Gasteiger partial charge < -0.3 is 24.8 Å². The van der Waals surface area contributed by atoms with E-state index in [1.54, 1.807) is 28.9 Å². The van der Waals surface area contributed by atoms with Gasteiger partial charge in [-0.05, 0) is 6.42 Å². The van der Waals surface area contributed by atoms with Crippen LogP contribution >= 0.6 is 0 Å². The third-order valence-electron chi connectivity index (χ3n) is 5.38. The second-order valence-corrected chi connectivity index (χ2v) is 17.3. The molecule has 0 atom stereocenters. The first-order chi connectivity index (χ1) is 13.6. The van der Waals surface area contributed by atoms with E-state index < -0.39 is 0 Å². The zero-order valence-corrected chi connectivity index (χ0v) is 22.9. The second kappa shape index (κ2) is 14.5. The Morgan fingerprint density at radius 1 is 0.933 bits per heavy atom. The monoisotopic (exact) mass is 530 g/mol. The van der Waals surface area contributed by atoms with Crippen LogP contribution in [0.1, 0.15) is 54.7 Å². The van der Waals surface area contributed by atoms with Crippen LogP contribution in [0, 0.1) is 6.07 Å². The zero-order valence-electron chi connectivity index (χ0n) is 17.9. The summed E-state index contributed by atoms with van der Waals surface area (Å²) in [5.74, 6) is 0.888. The van der Waals surface area contributed by atoms with Crippen molar-refractivity contribution in [2.75, 3.05) is 0 Å². The van der Waals surface area contributed by atoms with Crippen molar-refractivity contribution >= 4 is 5.43 Å². The number of halogens is 2. The Morgan fingerprint density at radius 3 is 2.27 bits per heavy atom. The van der Waals surface area contributed by atoms with E-state index in [4.69, 9.17) is 0 Å². The molecule has 3 aromatic carbocycles. The molecule has 2 aliphatic rings. The number of hydrogen-bond donors (Lipinski definition) is 0. The van der Waals surface area contributed by atoms with Gasteiger partial charge >= 0.3 is 41.9 Å². The van der Waals surface area contributed by atoms with Gasteiger partial charge in [-0.3, -0.25) is 0 Å². The molecule has 0 amide bonds. The molecule has 2 aliphatic carbocycles. The molecule has 1 saturated carbocycles. The molecule has 0 heterocycles. The normalized spacial score (nSPS) is 13.7.